The molecule has 2 aromatic carbocycles. The number of nitrogens with one attached hydrogen (secondary N) is 1. The maximum absolute atomic E-state index is 5.67. The number of benzene rings is 2. The number of nitrogens with two attached hydrogens (primary N) is 1. The summed E-state index contributed by atoms with van der Waals surface area (Å²) in [7, 11) is 0. The summed E-state index contributed by atoms with van der Waals surface area (Å²) >= 11 is 0. The molecular formula is C19H23N5. The van der Waals surface area contributed by atoms with Gasteiger partial charge in [0.15, 0.2) is 0 Å². The molecule has 0 saturated carbocycles. The third kappa shape index (κ3) is 2.83. The summed E-state index contributed by atoms with van der Waals surface area (Å²) in [5.74, 6) is 0.839. The number of fused-ring (bicyclic) bond motifs is 1. The average Bonchev–Trinajstić information content (AvgIpc) is 3.04. The fourth-order valence-corrected chi connectivity index (χ4v) is 3.39. The van der Waals surface area contributed by atoms with E-state index in [2.05, 4.69) is 69.2 Å². The van der Waals surface area contributed by atoms with Gasteiger partial charge in [-0.25, -0.2) is 4.98 Å². The highest BCUT2D eigenvalue weighted by atomic mass is 15.3. The molecule has 1 aliphatic heterocycles. The van der Waals surface area contributed by atoms with Crippen molar-refractivity contribution in [2.24, 2.45) is 5.73 Å². The van der Waals surface area contributed by atoms with E-state index in [1.165, 1.54) is 16.9 Å². The molecule has 5 heteroatoms. The Morgan fingerprint density at radius 1 is 1.00 bits per heavy atom. The van der Waals surface area contributed by atoms with Crippen molar-refractivity contribution in [2.45, 2.75) is 13.5 Å². The van der Waals surface area contributed by atoms with Crippen LogP contribution in [0.3, 0.4) is 0 Å². The Hall–Kier alpha value is -2.53. The fourth-order valence-electron chi connectivity index (χ4n) is 3.39. The maximum atomic E-state index is 5.67. The lowest BCUT2D eigenvalue weighted by Gasteiger charge is -2.37. The lowest BCUT2D eigenvalue weighted by Crippen LogP contribution is -2.46. The van der Waals surface area contributed by atoms with Crippen molar-refractivity contribution < 1.29 is 0 Å². The number of rotatable bonds is 3. The molecule has 0 amide bonds. The van der Waals surface area contributed by atoms with E-state index in [0.29, 0.717) is 6.54 Å². The summed E-state index contributed by atoms with van der Waals surface area (Å²) in [6, 6.07) is 15.2. The molecule has 0 spiro atoms. The molecule has 5 nitrogen and oxygen atoms in total. The number of H-pyrrole nitrogens is 1. The third-order valence-corrected chi connectivity index (χ3v) is 4.72. The van der Waals surface area contributed by atoms with E-state index in [1.807, 2.05) is 0 Å². The van der Waals surface area contributed by atoms with Gasteiger partial charge < -0.3 is 20.5 Å². The molecule has 4 rings (SSSR count). The van der Waals surface area contributed by atoms with Crippen molar-refractivity contribution in [1.82, 2.24) is 9.97 Å². The van der Waals surface area contributed by atoms with Gasteiger partial charge in [0.1, 0.15) is 5.82 Å². The molecule has 1 fully saturated rings. The SMILES string of the molecule is Cc1cccc(N2CCN(c3ccc4nc(CN)[nH]c4c3)CC2)c1. The Labute approximate surface area is 142 Å². The monoisotopic (exact) mass is 321 g/mol. The van der Waals surface area contributed by atoms with Gasteiger partial charge in [0, 0.05) is 37.6 Å². The molecule has 24 heavy (non-hydrogen) atoms. The summed E-state index contributed by atoms with van der Waals surface area (Å²) in [6.07, 6.45) is 0. The topological polar surface area (TPSA) is 61.2 Å². The second-order valence-corrected chi connectivity index (χ2v) is 6.40. The molecule has 0 radical (unpaired) electrons. The molecule has 124 valence electrons. The molecule has 0 atom stereocenters. The maximum Gasteiger partial charge on any atom is 0.121 e. The number of imidazole rings is 1. The normalized spacial score (nSPS) is 15.2. The summed E-state index contributed by atoms with van der Waals surface area (Å²) in [5, 5.41) is 0. The number of anilines is 2. The zero-order valence-electron chi connectivity index (χ0n) is 14.0. The fraction of sp³-hybridized carbons (Fsp3) is 0.316. The van der Waals surface area contributed by atoms with Crippen LogP contribution in [-0.2, 0) is 6.54 Å². The highest BCUT2D eigenvalue weighted by molar-refractivity contribution is 5.79. The quantitative estimate of drug-likeness (QED) is 0.778. The Kier molecular flexibility index (Phi) is 3.86. The predicted octanol–water partition coefficient (Wildman–Crippen LogP) is 2.66. The van der Waals surface area contributed by atoms with Crippen LogP contribution < -0.4 is 15.5 Å². The van der Waals surface area contributed by atoms with Crippen molar-refractivity contribution in [3.05, 3.63) is 53.9 Å². The van der Waals surface area contributed by atoms with Crippen LogP contribution >= 0.6 is 0 Å². The van der Waals surface area contributed by atoms with Gasteiger partial charge in [-0.1, -0.05) is 12.1 Å². The number of aryl methyl sites for hydroxylation is 1. The summed E-state index contributed by atoms with van der Waals surface area (Å²) in [5.41, 5.74) is 11.6. The van der Waals surface area contributed by atoms with E-state index < -0.39 is 0 Å². The summed E-state index contributed by atoms with van der Waals surface area (Å²) in [4.78, 5) is 12.7. The van der Waals surface area contributed by atoms with E-state index in [9.17, 15) is 0 Å². The van der Waals surface area contributed by atoms with Gasteiger partial charge in [-0.3, -0.25) is 0 Å². The molecule has 0 bridgehead atoms. The van der Waals surface area contributed by atoms with Gasteiger partial charge in [0.2, 0.25) is 0 Å². The van der Waals surface area contributed by atoms with Crippen molar-refractivity contribution in [1.29, 1.82) is 0 Å². The zero-order valence-corrected chi connectivity index (χ0v) is 14.0. The molecule has 2 heterocycles. The second-order valence-electron chi connectivity index (χ2n) is 6.40. The van der Waals surface area contributed by atoms with E-state index in [4.69, 9.17) is 5.73 Å². The molecule has 0 aliphatic carbocycles. The number of hydrogen-bond acceptors (Lipinski definition) is 4. The smallest absolute Gasteiger partial charge is 0.121 e. The molecule has 0 unspecified atom stereocenters. The molecule has 1 saturated heterocycles. The highest BCUT2D eigenvalue weighted by Gasteiger charge is 2.18. The van der Waals surface area contributed by atoms with Gasteiger partial charge in [-0.15, -0.1) is 0 Å². The average molecular weight is 321 g/mol. The molecule has 1 aromatic heterocycles. The van der Waals surface area contributed by atoms with Crippen LogP contribution in [0.1, 0.15) is 11.4 Å². The van der Waals surface area contributed by atoms with Crippen LogP contribution in [0, 0.1) is 6.92 Å². The van der Waals surface area contributed by atoms with E-state index >= 15 is 0 Å². The van der Waals surface area contributed by atoms with Gasteiger partial charge >= 0.3 is 0 Å². The van der Waals surface area contributed by atoms with Gasteiger partial charge in [0.05, 0.1) is 17.6 Å². The minimum atomic E-state index is 0.444. The third-order valence-electron chi connectivity index (χ3n) is 4.72. The van der Waals surface area contributed by atoms with Crippen LogP contribution in [0.25, 0.3) is 11.0 Å². The van der Waals surface area contributed by atoms with Gasteiger partial charge in [-0.05, 0) is 42.8 Å². The molecule has 1 aliphatic rings. The lowest BCUT2D eigenvalue weighted by molar-refractivity contribution is 0.653. The summed E-state index contributed by atoms with van der Waals surface area (Å²) in [6.45, 7) is 6.72. The first kappa shape index (κ1) is 15.0. The minimum absolute atomic E-state index is 0.444. The standard InChI is InChI=1S/C19H23N5/c1-14-3-2-4-15(11-14)23-7-9-24(10-8-23)16-5-6-17-18(12-16)22-19(13-20)21-17/h2-6,11-12H,7-10,13,20H2,1H3,(H,21,22). The van der Waals surface area contributed by atoms with E-state index in [0.717, 1.165) is 43.0 Å². The summed E-state index contributed by atoms with van der Waals surface area (Å²) < 4.78 is 0. The van der Waals surface area contributed by atoms with E-state index in [1.54, 1.807) is 0 Å². The number of aromatic nitrogens is 2. The van der Waals surface area contributed by atoms with Crippen molar-refractivity contribution in [3.8, 4) is 0 Å². The predicted molar refractivity (Wildman–Crippen MR) is 99.6 cm³/mol. The number of hydrogen-bond donors (Lipinski definition) is 2. The van der Waals surface area contributed by atoms with Crippen molar-refractivity contribution in [2.75, 3.05) is 36.0 Å². The Bertz CT molecular complexity index is 846. The number of piperazine rings is 1. The van der Waals surface area contributed by atoms with Crippen LogP contribution in [0.15, 0.2) is 42.5 Å². The molecular weight excluding hydrogens is 298 g/mol. The molecule has 3 N–H and O–H groups in total. The van der Waals surface area contributed by atoms with Crippen LogP contribution in [0.5, 0.6) is 0 Å². The first-order valence-corrected chi connectivity index (χ1v) is 8.48. The van der Waals surface area contributed by atoms with Gasteiger partial charge in [0.25, 0.3) is 0 Å². The first-order chi connectivity index (χ1) is 11.7. The lowest BCUT2D eigenvalue weighted by atomic mass is 10.1. The number of aromatic amines is 1. The Morgan fingerprint density at radius 3 is 2.38 bits per heavy atom. The number of nitrogens with zero attached hydrogens (tertiary/aromatic N) is 3. The van der Waals surface area contributed by atoms with E-state index in [-0.39, 0.29) is 0 Å². The van der Waals surface area contributed by atoms with Crippen LogP contribution in [0.2, 0.25) is 0 Å². The minimum Gasteiger partial charge on any atom is -0.368 e. The Balaban J connectivity index is 1.49. The zero-order chi connectivity index (χ0) is 16.5. The second kappa shape index (κ2) is 6.17. The van der Waals surface area contributed by atoms with Crippen molar-refractivity contribution >= 4 is 22.4 Å². The van der Waals surface area contributed by atoms with Crippen LogP contribution in [0.4, 0.5) is 11.4 Å². The Morgan fingerprint density at radius 2 is 1.71 bits per heavy atom. The van der Waals surface area contributed by atoms with Gasteiger partial charge in [-0.2, -0.15) is 0 Å². The molecule has 3 aromatic rings. The van der Waals surface area contributed by atoms with Crippen molar-refractivity contribution in [3.63, 3.8) is 0 Å². The largest absolute Gasteiger partial charge is 0.368 e. The highest BCUT2D eigenvalue weighted by Crippen LogP contribution is 2.24. The first-order valence-electron chi connectivity index (χ1n) is 8.48. The van der Waals surface area contributed by atoms with Crippen LogP contribution in [-0.4, -0.2) is 36.1 Å².